The average Bonchev–Trinajstić information content (AvgIpc) is 2.73. The van der Waals surface area contributed by atoms with Crippen molar-refractivity contribution in [2.24, 2.45) is 5.92 Å². The first kappa shape index (κ1) is 10.7. The Morgan fingerprint density at radius 1 is 1.50 bits per heavy atom. The van der Waals surface area contributed by atoms with Crippen LogP contribution < -0.4 is 0 Å². The van der Waals surface area contributed by atoms with Crippen molar-refractivity contribution < 1.29 is 9.53 Å². The van der Waals surface area contributed by atoms with Gasteiger partial charge in [0.05, 0.1) is 24.7 Å². The predicted octanol–water partition coefficient (Wildman–Crippen LogP) is 1.75. The van der Waals surface area contributed by atoms with Gasteiger partial charge in [-0.2, -0.15) is 5.26 Å². The number of rotatable bonds is 1. The molecule has 1 aliphatic carbocycles. The quantitative estimate of drug-likeness (QED) is 0.671. The van der Waals surface area contributed by atoms with Crippen LogP contribution in [0.5, 0.6) is 0 Å². The van der Waals surface area contributed by atoms with E-state index in [-0.39, 0.29) is 11.9 Å². The zero-order valence-electron chi connectivity index (χ0n) is 9.41. The molecule has 1 aromatic rings. The maximum Gasteiger partial charge on any atom is 0.309 e. The number of hydrogen-bond acceptors (Lipinski definition) is 3. The highest BCUT2D eigenvalue weighted by Crippen LogP contribution is 2.31. The van der Waals surface area contributed by atoms with E-state index in [4.69, 9.17) is 10.00 Å². The Kier molecular flexibility index (Phi) is 2.66. The van der Waals surface area contributed by atoms with E-state index >= 15 is 0 Å². The highest BCUT2D eigenvalue weighted by Gasteiger charge is 2.29. The number of fused-ring (bicyclic) bond motifs is 1. The third-order valence-corrected chi connectivity index (χ3v) is 3.27. The number of carbonyl (C=O) groups is 1. The number of ether oxygens (including phenoxy) is 1. The molecular formula is C13H13NO2. The van der Waals surface area contributed by atoms with E-state index in [2.05, 4.69) is 6.07 Å². The van der Waals surface area contributed by atoms with E-state index in [1.54, 1.807) is 0 Å². The Morgan fingerprint density at radius 3 is 2.88 bits per heavy atom. The maximum atomic E-state index is 11.5. The maximum absolute atomic E-state index is 11.5. The van der Waals surface area contributed by atoms with Crippen molar-refractivity contribution in [3.63, 3.8) is 0 Å². The highest BCUT2D eigenvalue weighted by atomic mass is 16.5. The first-order chi connectivity index (χ1) is 7.67. The van der Waals surface area contributed by atoms with Crippen molar-refractivity contribution >= 4 is 5.97 Å². The van der Waals surface area contributed by atoms with Crippen LogP contribution in [0, 0.1) is 24.2 Å². The molecule has 3 heteroatoms. The van der Waals surface area contributed by atoms with Crippen LogP contribution in [-0.2, 0) is 22.4 Å². The summed E-state index contributed by atoms with van der Waals surface area (Å²) in [6.45, 7) is 1.94. The predicted molar refractivity (Wildman–Crippen MR) is 58.8 cm³/mol. The van der Waals surface area contributed by atoms with E-state index in [9.17, 15) is 4.79 Å². The minimum absolute atomic E-state index is 0.0763. The van der Waals surface area contributed by atoms with Crippen LogP contribution >= 0.6 is 0 Å². The van der Waals surface area contributed by atoms with Gasteiger partial charge < -0.3 is 4.74 Å². The molecule has 0 saturated heterocycles. The first-order valence-electron chi connectivity index (χ1n) is 5.26. The number of esters is 1. The summed E-state index contributed by atoms with van der Waals surface area (Å²) in [7, 11) is 1.42. The van der Waals surface area contributed by atoms with E-state index in [0.29, 0.717) is 12.0 Å². The van der Waals surface area contributed by atoms with Crippen molar-refractivity contribution in [3.05, 3.63) is 34.4 Å². The molecule has 0 heterocycles. The number of benzene rings is 1. The van der Waals surface area contributed by atoms with Crippen molar-refractivity contribution in [2.75, 3.05) is 7.11 Å². The Balaban J connectivity index is 2.35. The molecule has 16 heavy (non-hydrogen) atoms. The third kappa shape index (κ3) is 1.57. The van der Waals surface area contributed by atoms with Gasteiger partial charge in [-0.15, -0.1) is 0 Å². The summed E-state index contributed by atoms with van der Waals surface area (Å²) in [4.78, 5) is 11.5. The molecule has 0 amide bonds. The second kappa shape index (κ2) is 3.97. The number of carbonyl (C=O) groups excluding carboxylic acids is 1. The first-order valence-corrected chi connectivity index (χ1v) is 5.26. The largest absolute Gasteiger partial charge is 0.469 e. The van der Waals surface area contributed by atoms with Gasteiger partial charge in [0, 0.05) is 0 Å². The lowest BCUT2D eigenvalue weighted by molar-refractivity contribution is -0.145. The van der Waals surface area contributed by atoms with Crippen LogP contribution in [0.2, 0.25) is 0 Å². The van der Waals surface area contributed by atoms with E-state index < -0.39 is 0 Å². The monoisotopic (exact) mass is 215 g/mol. The molecule has 1 atom stereocenters. The Hall–Kier alpha value is -1.82. The molecule has 0 N–H and O–H groups in total. The third-order valence-electron chi connectivity index (χ3n) is 3.27. The van der Waals surface area contributed by atoms with Gasteiger partial charge in [0.1, 0.15) is 0 Å². The molecule has 1 aromatic carbocycles. The summed E-state index contributed by atoms with van der Waals surface area (Å²) < 4.78 is 4.76. The Bertz CT molecular complexity index is 485. The van der Waals surface area contributed by atoms with E-state index in [0.717, 1.165) is 17.5 Å². The molecule has 3 nitrogen and oxygen atoms in total. The van der Waals surface area contributed by atoms with Gasteiger partial charge >= 0.3 is 5.97 Å². The minimum Gasteiger partial charge on any atom is -0.469 e. The molecule has 82 valence electrons. The summed E-state index contributed by atoms with van der Waals surface area (Å²) in [6, 6.07) is 5.94. The zero-order chi connectivity index (χ0) is 11.7. The normalized spacial score (nSPS) is 17.7. The molecule has 0 bridgehead atoms. The molecular weight excluding hydrogens is 202 g/mol. The lowest BCUT2D eigenvalue weighted by atomic mass is 9.99. The fourth-order valence-electron chi connectivity index (χ4n) is 2.33. The average molecular weight is 215 g/mol. The summed E-state index contributed by atoms with van der Waals surface area (Å²) in [5.74, 6) is -0.234. The van der Waals surface area contributed by atoms with Gasteiger partial charge in [0.15, 0.2) is 0 Å². The van der Waals surface area contributed by atoms with Gasteiger partial charge in [0.25, 0.3) is 0 Å². The fourth-order valence-corrected chi connectivity index (χ4v) is 2.33. The summed E-state index contributed by atoms with van der Waals surface area (Å²) in [6.07, 6.45) is 1.43. The van der Waals surface area contributed by atoms with Gasteiger partial charge in [-0.25, -0.2) is 0 Å². The van der Waals surface area contributed by atoms with Crippen LogP contribution in [0.15, 0.2) is 12.1 Å². The van der Waals surface area contributed by atoms with Crippen LogP contribution in [0.4, 0.5) is 0 Å². The van der Waals surface area contributed by atoms with E-state index in [1.807, 2.05) is 19.1 Å². The summed E-state index contributed by atoms with van der Waals surface area (Å²) >= 11 is 0. The van der Waals surface area contributed by atoms with Gasteiger partial charge in [-0.05, 0) is 42.5 Å². The molecule has 0 aliphatic heterocycles. The van der Waals surface area contributed by atoms with Gasteiger partial charge in [-0.1, -0.05) is 6.07 Å². The second-order valence-electron chi connectivity index (χ2n) is 4.12. The molecule has 0 aromatic heterocycles. The molecule has 0 radical (unpaired) electrons. The van der Waals surface area contributed by atoms with Gasteiger partial charge in [0.2, 0.25) is 0 Å². The fraction of sp³-hybridized carbons (Fsp3) is 0.385. The van der Waals surface area contributed by atoms with Crippen LogP contribution in [-0.4, -0.2) is 13.1 Å². The second-order valence-corrected chi connectivity index (χ2v) is 4.12. The Labute approximate surface area is 94.6 Å². The molecule has 1 unspecified atom stereocenters. The number of hydrogen-bond donors (Lipinski definition) is 0. The molecule has 1 aliphatic rings. The van der Waals surface area contributed by atoms with Crippen molar-refractivity contribution in [2.45, 2.75) is 19.8 Å². The number of nitriles is 1. The van der Waals surface area contributed by atoms with Gasteiger partial charge in [-0.3, -0.25) is 4.79 Å². The number of nitrogens with zero attached hydrogens (tertiary/aromatic N) is 1. The zero-order valence-corrected chi connectivity index (χ0v) is 9.41. The topological polar surface area (TPSA) is 50.1 Å². The lowest BCUT2D eigenvalue weighted by Gasteiger charge is -2.05. The van der Waals surface area contributed by atoms with Crippen LogP contribution in [0.1, 0.15) is 22.3 Å². The lowest BCUT2D eigenvalue weighted by Crippen LogP contribution is -2.16. The van der Waals surface area contributed by atoms with E-state index in [1.165, 1.54) is 12.7 Å². The standard InChI is InChI=1S/C13H13NO2/c1-8-10(7-14)4-3-9-5-11(6-12(8)9)13(15)16-2/h3-4,11H,5-6H2,1-2H3. The van der Waals surface area contributed by atoms with Crippen molar-refractivity contribution in [3.8, 4) is 6.07 Å². The molecule has 0 saturated carbocycles. The summed E-state index contributed by atoms with van der Waals surface area (Å²) in [5.41, 5.74) is 4.03. The number of methoxy groups -OCH3 is 1. The van der Waals surface area contributed by atoms with Crippen molar-refractivity contribution in [1.82, 2.24) is 0 Å². The molecule has 2 rings (SSSR count). The van der Waals surface area contributed by atoms with Crippen molar-refractivity contribution in [1.29, 1.82) is 5.26 Å². The van der Waals surface area contributed by atoms with Crippen LogP contribution in [0.3, 0.4) is 0 Å². The molecule has 0 spiro atoms. The minimum atomic E-state index is -0.158. The van der Waals surface area contributed by atoms with Crippen LogP contribution in [0.25, 0.3) is 0 Å². The Morgan fingerprint density at radius 2 is 2.25 bits per heavy atom. The molecule has 0 fully saturated rings. The smallest absolute Gasteiger partial charge is 0.309 e. The summed E-state index contributed by atoms with van der Waals surface area (Å²) in [5, 5.41) is 8.93. The SMILES string of the molecule is COC(=O)C1Cc2ccc(C#N)c(C)c2C1. The highest BCUT2D eigenvalue weighted by molar-refractivity contribution is 5.74.